The molecule has 0 spiro atoms. The van der Waals surface area contributed by atoms with Crippen LogP contribution >= 0.6 is 0 Å². The Hall–Kier alpha value is -2.84. The summed E-state index contributed by atoms with van der Waals surface area (Å²) in [5.74, 6) is -0.803. The molecule has 0 aliphatic carbocycles. The highest BCUT2D eigenvalue weighted by atomic mass is 19.1. The third-order valence-electron chi connectivity index (χ3n) is 3.71. The molecule has 1 unspecified atom stereocenters. The van der Waals surface area contributed by atoms with E-state index in [-0.39, 0.29) is 29.3 Å². The van der Waals surface area contributed by atoms with Gasteiger partial charge in [0.1, 0.15) is 11.8 Å². The van der Waals surface area contributed by atoms with Crippen molar-refractivity contribution in [3.8, 4) is 6.01 Å². The molecule has 2 aromatic heterocycles. The largest absolute Gasteiger partial charge is 0.458 e. The monoisotopic (exact) mass is 333 g/mol. The summed E-state index contributed by atoms with van der Waals surface area (Å²) in [7, 11) is 1.49. The van der Waals surface area contributed by atoms with Crippen LogP contribution in [0, 0.1) is 5.82 Å². The number of carbonyl (C=O) groups is 1. The highest BCUT2D eigenvalue weighted by Gasteiger charge is 2.27. The molecule has 1 aliphatic rings. The van der Waals surface area contributed by atoms with Crippen LogP contribution in [0.25, 0.3) is 0 Å². The molecule has 0 radical (unpaired) electrons. The Labute approximate surface area is 136 Å². The lowest BCUT2D eigenvalue weighted by Gasteiger charge is -2.32. The number of nitrogens with zero attached hydrogens (tertiary/aromatic N) is 5. The fourth-order valence-corrected chi connectivity index (χ4v) is 2.51. The first-order valence-electron chi connectivity index (χ1n) is 7.51. The molecule has 1 atom stereocenters. The van der Waals surface area contributed by atoms with Gasteiger partial charge in [-0.25, -0.2) is 19.0 Å². The number of hydrogen-bond donors (Lipinski definition) is 0. The molecular formula is C15H16FN5O3. The van der Waals surface area contributed by atoms with Crippen molar-refractivity contribution in [1.29, 1.82) is 0 Å². The van der Waals surface area contributed by atoms with Crippen LogP contribution in [0.4, 0.5) is 4.39 Å². The maximum Gasteiger partial charge on any atom is 0.316 e. The van der Waals surface area contributed by atoms with Crippen LogP contribution in [-0.4, -0.2) is 49.7 Å². The topological polar surface area (TPSA) is 90.2 Å². The van der Waals surface area contributed by atoms with Crippen molar-refractivity contribution in [3.05, 3.63) is 46.4 Å². The summed E-state index contributed by atoms with van der Waals surface area (Å²) in [5, 5.41) is 3.97. The summed E-state index contributed by atoms with van der Waals surface area (Å²) in [5.41, 5.74) is -0.0735. The van der Waals surface area contributed by atoms with Crippen LogP contribution < -0.4 is 10.3 Å². The average Bonchev–Trinajstić information content (AvgIpc) is 2.59. The Morgan fingerprint density at radius 1 is 1.33 bits per heavy atom. The van der Waals surface area contributed by atoms with E-state index in [2.05, 4.69) is 15.1 Å². The SMILES string of the molecule is Cn1nc(C(=O)N2CCCC(Oc3ncc(F)cn3)C2)ccc1=O. The second kappa shape index (κ2) is 6.73. The molecule has 3 heterocycles. The van der Waals surface area contributed by atoms with Crippen LogP contribution in [0.2, 0.25) is 0 Å². The summed E-state index contributed by atoms with van der Waals surface area (Å²) in [6.45, 7) is 0.928. The van der Waals surface area contributed by atoms with Crippen LogP contribution in [-0.2, 0) is 7.05 Å². The van der Waals surface area contributed by atoms with Gasteiger partial charge in [-0.1, -0.05) is 0 Å². The Morgan fingerprint density at radius 3 is 2.79 bits per heavy atom. The number of ether oxygens (including phenoxy) is 1. The molecule has 24 heavy (non-hydrogen) atoms. The van der Waals surface area contributed by atoms with E-state index < -0.39 is 5.82 Å². The molecule has 8 nitrogen and oxygen atoms in total. The maximum atomic E-state index is 12.8. The van der Waals surface area contributed by atoms with E-state index >= 15 is 0 Å². The first-order valence-corrected chi connectivity index (χ1v) is 7.51. The van der Waals surface area contributed by atoms with E-state index in [1.165, 1.54) is 19.2 Å². The zero-order valence-corrected chi connectivity index (χ0v) is 13.1. The molecule has 1 aliphatic heterocycles. The molecule has 0 aromatic carbocycles. The molecule has 2 aromatic rings. The van der Waals surface area contributed by atoms with Crippen LogP contribution in [0.1, 0.15) is 23.3 Å². The minimum atomic E-state index is -0.538. The van der Waals surface area contributed by atoms with Crippen molar-refractivity contribution in [1.82, 2.24) is 24.6 Å². The molecule has 9 heteroatoms. The van der Waals surface area contributed by atoms with Crippen molar-refractivity contribution >= 4 is 5.91 Å². The first kappa shape index (κ1) is 16.0. The summed E-state index contributed by atoms with van der Waals surface area (Å²) in [6, 6.07) is 2.80. The van der Waals surface area contributed by atoms with Gasteiger partial charge in [0.25, 0.3) is 11.5 Å². The van der Waals surface area contributed by atoms with E-state index in [4.69, 9.17) is 4.74 Å². The molecule has 0 bridgehead atoms. The standard InChI is InChI=1S/C15H16FN5O3/c1-20-13(22)5-4-12(19-20)14(23)21-6-2-3-11(9-21)24-15-17-7-10(16)8-18-15/h4-5,7-8,11H,2-3,6,9H2,1H3. The number of carbonyl (C=O) groups excluding carboxylic acids is 1. The average molecular weight is 333 g/mol. The van der Waals surface area contributed by atoms with Gasteiger partial charge in [0.15, 0.2) is 5.82 Å². The quantitative estimate of drug-likeness (QED) is 0.807. The van der Waals surface area contributed by atoms with Crippen LogP contribution in [0.15, 0.2) is 29.3 Å². The number of aromatic nitrogens is 4. The smallest absolute Gasteiger partial charge is 0.316 e. The Bertz CT molecular complexity index is 792. The number of amides is 1. The fourth-order valence-electron chi connectivity index (χ4n) is 2.51. The van der Waals surface area contributed by atoms with Gasteiger partial charge >= 0.3 is 6.01 Å². The molecule has 0 saturated carbocycles. The molecule has 1 fully saturated rings. The third kappa shape index (κ3) is 3.55. The maximum absolute atomic E-state index is 12.8. The summed E-state index contributed by atoms with van der Waals surface area (Å²) < 4.78 is 19.6. The highest BCUT2D eigenvalue weighted by Crippen LogP contribution is 2.16. The van der Waals surface area contributed by atoms with E-state index in [0.717, 1.165) is 29.9 Å². The molecule has 1 amide bonds. The summed E-state index contributed by atoms with van der Waals surface area (Å²) in [4.78, 5) is 33.0. The molecule has 0 N–H and O–H groups in total. The first-order chi connectivity index (χ1) is 11.5. The van der Waals surface area contributed by atoms with Crippen LogP contribution in [0.5, 0.6) is 6.01 Å². The predicted octanol–water partition coefficient (Wildman–Crippen LogP) is 0.393. The minimum Gasteiger partial charge on any atom is -0.458 e. The summed E-state index contributed by atoms with van der Waals surface area (Å²) >= 11 is 0. The third-order valence-corrected chi connectivity index (χ3v) is 3.71. The lowest BCUT2D eigenvalue weighted by Crippen LogP contribution is -2.45. The number of aryl methyl sites for hydroxylation is 1. The number of halogens is 1. The van der Waals surface area contributed by atoms with Gasteiger partial charge < -0.3 is 9.64 Å². The Morgan fingerprint density at radius 2 is 2.08 bits per heavy atom. The number of piperidine rings is 1. The van der Waals surface area contributed by atoms with E-state index in [1.807, 2.05) is 0 Å². The van der Waals surface area contributed by atoms with E-state index in [0.29, 0.717) is 13.1 Å². The zero-order valence-electron chi connectivity index (χ0n) is 13.1. The lowest BCUT2D eigenvalue weighted by atomic mass is 10.1. The van der Waals surface area contributed by atoms with E-state index in [1.54, 1.807) is 4.90 Å². The predicted molar refractivity (Wildman–Crippen MR) is 81.0 cm³/mol. The molecule has 3 rings (SSSR count). The van der Waals surface area contributed by atoms with Crippen molar-refractivity contribution in [3.63, 3.8) is 0 Å². The number of rotatable bonds is 3. The second-order valence-electron chi connectivity index (χ2n) is 5.50. The van der Waals surface area contributed by atoms with Crippen molar-refractivity contribution < 1.29 is 13.9 Å². The molecule has 126 valence electrons. The van der Waals surface area contributed by atoms with E-state index in [9.17, 15) is 14.0 Å². The van der Waals surface area contributed by atoms with Crippen molar-refractivity contribution in [2.75, 3.05) is 13.1 Å². The van der Waals surface area contributed by atoms with Crippen molar-refractivity contribution in [2.24, 2.45) is 7.05 Å². The normalized spacial score (nSPS) is 17.6. The van der Waals surface area contributed by atoms with Gasteiger partial charge in [-0.2, -0.15) is 5.10 Å². The zero-order chi connectivity index (χ0) is 17.1. The van der Waals surface area contributed by atoms with Gasteiger partial charge in [0, 0.05) is 19.7 Å². The van der Waals surface area contributed by atoms with Gasteiger partial charge in [-0.15, -0.1) is 0 Å². The fraction of sp³-hybridized carbons (Fsp3) is 0.400. The Balaban J connectivity index is 1.68. The minimum absolute atomic E-state index is 0.0796. The highest BCUT2D eigenvalue weighted by molar-refractivity contribution is 5.92. The molecular weight excluding hydrogens is 317 g/mol. The van der Waals surface area contributed by atoms with Gasteiger partial charge in [-0.05, 0) is 18.9 Å². The van der Waals surface area contributed by atoms with Crippen LogP contribution in [0.3, 0.4) is 0 Å². The van der Waals surface area contributed by atoms with Gasteiger partial charge in [-0.3, -0.25) is 9.59 Å². The lowest BCUT2D eigenvalue weighted by molar-refractivity contribution is 0.0508. The summed E-state index contributed by atoms with van der Waals surface area (Å²) in [6.07, 6.45) is 3.28. The molecule has 1 saturated heterocycles. The Kier molecular flexibility index (Phi) is 4.50. The van der Waals surface area contributed by atoms with Gasteiger partial charge in [0.05, 0.1) is 18.9 Å². The number of likely N-dealkylation sites (tertiary alicyclic amines) is 1. The number of hydrogen-bond acceptors (Lipinski definition) is 6. The van der Waals surface area contributed by atoms with Crippen molar-refractivity contribution in [2.45, 2.75) is 18.9 Å². The van der Waals surface area contributed by atoms with Gasteiger partial charge in [0.2, 0.25) is 0 Å². The second-order valence-corrected chi connectivity index (χ2v) is 5.50.